The molecule has 1 saturated heterocycles. The fourth-order valence-corrected chi connectivity index (χ4v) is 3.80. The van der Waals surface area contributed by atoms with Crippen LogP contribution in [0, 0.1) is 5.92 Å². The fourth-order valence-electron chi connectivity index (χ4n) is 3.54. The van der Waals surface area contributed by atoms with Crippen LogP contribution in [-0.2, 0) is 25.6 Å². The van der Waals surface area contributed by atoms with Gasteiger partial charge >= 0.3 is 5.97 Å². The molecule has 1 aliphatic heterocycles. The van der Waals surface area contributed by atoms with Crippen molar-refractivity contribution in [3.8, 4) is 0 Å². The van der Waals surface area contributed by atoms with Crippen LogP contribution in [-0.4, -0.2) is 80.1 Å². The van der Waals surface area contributed by atoms with Gasteiger partial charge in [-0.2, -0.15) is 12.6 Å². The highest BCUT2D eigenvalue weighted by Crippen LogP contribution is 2.20. The molecule has 0 spiro atoms. The number of nitrogens with one attached hydrogen (secondary N) is 3. The van der Waals surface area contributed by atoms with Gasteiger partial charge in [-0.25, -0.2) is 9.78 Å². The average molecular weight is 469 g/mol. The van der Waals surface area contributed by atoms with Crippen molar-refractivity contribution in [1.82, 2.24) is 25.5 Å². The van der Waals surface area contributed by atoms with Gasteiger partial charge in [-0.15, -0.1) is 0 Å². The summed E-state index contributed by atoms with van der Waals surface area (Å²) in [6.07, 6.45) is 4.74. The summed E-state index contributed by atoms with van der Waals surface area (Å²) in [7, 11) is 0. The van der Waals surface area contributed by atoms with Gasteiger partial charge in [-0.1, -0.05) is 20.3 Å². The molecule has 0 radical (unpaired) electrons. The lowest BCUT2D eigenvalue weighted by Gasteiger charge is -2.29. The van der Waals surface area contributed by atoms with E-state index < -0.39 is 42.0 Å². The van der Waals surface area contributed by atoms with Gasteiger partial charge in [0.15, 0.2) is 0 Å². The molecule has 1 aromatic rings. The summed E-state index contributed by atoms with van der Waals surface area (Å²) in [5.74, 6) is -2.72. The summed E-state index contributed by atoms with van der Waals surface area (Å²) < 4.78 is 0. The number of amides is 3. The molecule has 3 amide bonds. The van der Waals surface area contributed by atoms with Crippen molar-refractivity contribution < 1.29 is 24.3 Å². The lowest BCUT2D eigenvalue weighted by atomic mass is 9.98. The number of carboxylic acid groups (broad SMARTS) is 1. The number of carboxylic acids is 1. The zero-order valence-corrected chi connectivity index (χ0v) is 19.2. The van der Waals surface area contributed by atoms with Crippen molar-refractivity contribution in [2.24, 2.45) is 11.7 Å². The first-order chi connectivity index (χ1) is 15.2. The number of aromatic nitrogens is 2. The number of hydrogen-bond acceptors (Lipinski definition) is 7. The second-order valence-corrected chi connectivity index (χ2v) is 8.39. The van der Waals surface area contributed by atoms with Crippen molar-refractivity contribution in [1.29, 1.82) is 0 Å². The van der Waals surface area contributed by atoms with Gasteiger partial charge in [-0.05, 0) is 18.8 Å². The Kier molecular flexibility index (Phi) is 9.51. The number of hydrogen-bond donors (Lipinski definition) is 6. The van der Waals surface area contributed by atoms with Gasteiger partial charge < -0.3 is 31.4 Å². The Labute approximate surface area is 192 Å². The van der Waals surface area contributed by atoms with Gasteiger partial charge in [0, 0.05) is 30.6 Å². The Hall–Kier alpha value is -2.60. The minimum Gasteiger partial charge on any atom is -0.480 e. The molecule has 1 aliphatic rings. The normalized spacial score (nSPS) is 19.6. The van der Waals surface area contributed by atoms with E-state index in [9.17, 15) is 24.3 Å². The lowest BCUT2D eigenvalue weighted by molar-refractivity contribution is -0.143. The van der Waals surface area contributed by atoms with Crippen LogP contribution in [0.1, 0.15) is 38.8 Å². The van der Waals surface area contributed by atoms with Crippen LogP contribution in [0.3, 0.4) is 0 Å². The number of imidazole rings is 1. The van der Waals surface area contributed by atoms with Crippen LogP contribution in [0.4, 0.5) is 0 Å². The van der Waals surface area contributed by atoms with Gasteiger partial charge in [0.25, 0.3) is 0 Å². The Morgan fingerprint density at radius 1 is 1.34 bits per heavy atom. The third kappa shape index (κ3) is 6.45. The Morgan fingerprint density at radius 2 is 2.06 bits per heavy atom. The van der Waals surface area contributed by atoms with Crippen molar-refractivity contribution >= 4 is 36.3 Å². The van der Waals surface area contributed by atoms with E-state index in [1.807, 2.05) is 13.8 Å². The number of nitrogens with two attached hydrogens (primary N) is 1. The van der Waals surface area contributed by atoms with E-state index in [4.69, 9.17) is 5.73 Å². The lowest BCUT2D eigenvalue weighted by Crippen LogP contribution is -2.57. The van der Waals surface area contributed by atoms with E-state index in [0.29, 0.717) is 25.1 Å². The summed E-state index contributed by atoms with van der Waals surface area (Å²) in [6, 6.07) is -3.69. The second kappa shape index (κ2) is 11.9. The van der Waals surface area contributed by atoms with Crippen LogP contribution >= 0.6 is 12.6 Å². The summed E-state index contributed by atoms with van der Waals surface area (Å²) in [5, 5.41) is 14.5. The second-order valence-electron chi connectivity index (χ2n) is 8.03. The molecule has 5 atom stereocenters. The molecule has 2 heterocycles. The highest BCUT2D eigenvalue weighted by Gasteiger charge is 2.38. The number of carbonyl (C=O) groups excluding carboxylic acids is 3. The SMILES string of the molecule is CCC(C)C(N)C(=O)N1CCCC1C(=O)NC(CS)C(=O)NC(Cc1cnc[nH]1)C(=O)O. The molecular formula is C20H32N6O5S. The molecule has 32 heavy (non-hydrogen) atoms. The molecule has 0 aliphatic carbocycles. The molecular weight excluding hydrogens is 436 g/mol. The zero-order valence-electron chi connectivity index (χ0n) is 18.3. The van der Waals surface area contributed by atoms with E-state index in [1.54, 1.807) is 0 Å². The fraction of sp³-hybridized carbons (Fsp3) is 0.650. The maximum atomic E-state index is 12.9. The summed E-state index contributed by atoms with van der Waals surface area (Å²) >= 11 is 4.13. The summed E-state index contributed by atoms with van der Waals surface area (Å²) in [6.45, 7) is 4.25. The molecule has 6 N–H and O–H groups in total. The van der Waals surface area contributed by atoms with E-state index in [1.165, 1.54) is 17.4 Å². The average Bonchev–Trinajstić information content (AvgIpc) is 3.47. The molecule has 0 aromatic carbocycles. The van der Waals surface area contributed by atoms with Gasteiger partial charge in [0.2, 0.25) is 17.7 Å². The van der Waals surface area contributed by atoms with Crippen molar-refractivity contribution in [2.45, 2.75) is 63.7 Å². The number of rotatable bonds is 11. The van der Waals surface area contributed by atoms with Crippen molar-refractivity contribution in [2.75, 3.05) is 12.3 Å². The molecule has 5 unspecified atom stereocenters. The number of thiol groups is 1. The Balaban J connectivity index is 2.01. The number of likely N-dealkylation sites (tertiary alicyclic amines) is 1. The molecule has 12 heteroatoms. The Bertz CT molecular complexity index is 804. The van der Waals surface area contributed by atoms with Crippen LogP contribution in [0.25, 0.3) is 0 Å². The first-order valence-corrected chi connectivity index (χ1v) is 11.3. The summed E-state index contributed by atoms with van der Waals surface area (Å²) in [4.78, 5) is 57.9. The van der Waals surface area contributed by atoms with E-state index >= 15 is 0 Å². The first kappa shape index (κ1) is 25.7. The standard InChI is InChI=1S/C20H32N6O5S/c1-3-11(2)16(21)19(29)26-6-4-5-15(26)18(28)25-14(9-32)17(27)24-13(20(30)31)7-12-8-22-10-23-12/h8,10-11,13-16,32H,3-7,9,21H2,1-2H3,(H,22,23)(H,24,27)(H,25,28)(H,30,31). The highest BCUT2D eigenvalue weighted by molar-refractivity contribution is 7.80. The molecule has 0 bridgehead atoms. The predicted octanol–water partition coefficient (Wildman–Crippen LogP) is -0.699. The van der Waals surface area contributed by atoms with Gasteiger partial charge in [-0.3, -0.25) is 14.4 Å². The van der Waals surface area contributed by atoms with E-state index in [2.05, 4.69) is 33.2 Å². The third-order valence-electron chi connectivity index (χ3n) is 5.79. The minimum atomic E-state index is -1.22. The molecule has 0 saturated carbocycles. The van der Waals surface area contributed by atoms with Gasteiger partial charge in [0.05, 0.1) is 12.4 Å². The van der Waals surface area contributed by atoms with Crippen LogP contribution in [0.5, 0.6) is 0 Å². The monoisotopic (exact) mass is 468 g/mol. The topological polar surface area (TPSA) is 171 Å². The number of nitrogens with zero attached hydrogens (tertiary/aromatic N) is 2. The third-order valence-corrected chi connectivity index (χ3v) is 6.15. The zero-order chi connectivity index (χ0) is 23.8. The number of H-pyrrole nitrogens is 1. The van der Waals surface area contributed by atoms with Crippen LogP contribution in [0.2, 0.25) is 0 Å². The highest BCUT2D eigenvalue weighted by atomic mass is 32.1. The summed E-state index contributed by atoms with van der Waals surface area (Å²) in [5.41, 5.74) is 6.61. The van der Waals surface area contributed by atoms with Crippen molar-refractivity contribution in [3.63, 3.8) is 0 Å². The quantitative estimate of drug-likeness (QED) is 0.233. The smallest absolute Gasteiger partial charge is 0.326 e. The maximum Gasteiger partial charge on any atom is 0.326 e. The number of carbonyl (C=O) groups is 4. The molecule has 178 valence electrons. The molecule has 1 fully saturated rings. The molecule has 11 nitrogen and oxygen atoms in total. The molecule has 2 rings (SSSR count). The van der Waals surface area contributed by atoms with Crippen LogP contribution in [0.15, 0.2) is 12.5 Å². The number of aromatic amines is 1. The Morgan fingerprint density at radius 3 is 2.62 bits per heavy atom. The van der Waals surface area contributed by atoms with Crippen LogP contribution < -0.4 is 16.4 Å². The van der Waals surface area contributed by atoms with Gasteiger partial charge in [0.1, 0.15) is 18.1 Å². The largest absolute Gasteiger partial charge is 0.480 e. The predicted molar refractivity (Wildman–Crippen MR) is 120 cm³/mol. The minimum absolute atomic E-state index is 0.00666. The van der Waals surface area contributed by atoms with Crippen molar-refractivity contribution in [3.05, 3.63) is 18.2 Å². The van der Waals surface area contributed by atoms with E-state index in [0.717, 1.165) is 6.42 Å². The molecule has 1 aromatic heterocycles. The van der Waals surface area contributed by atoms with E-state index in [-0.39, 0.29) is 24.0 Å². The number of aliphatic carboxylic acids is 1. The maximum absolute atomic E-state index is 12.9. The first-order valence-electron chi connectivity index (χ1n) is 10.7.